The van der Waals surface area contributed by atoms with Crippen molar-refractivity contribution in [2.75, 3.05) is 19.0 Å². The van der Waals surface area contributed by atoms with Crippen molar-refractivity contribution in [3.05, 3.63) is 71.3 Å². The minimum absolute atomic E-state index is 0.0119. The predicted molar refractivity (Wildman–Crippen MR) is 147 cm³/mol. The fourth-order valence-electron chi connectivity index (χ4n) is 5.26. The molecule has 3 aromatic rings. The first kappa shape index (κ1) is 26.5. The second-order valence-corrected chi connectivity index (χ2v) is 10.3. The maximum atomic E-state index is 12.5. The molecule has 0 radical (unpaired) electrons. The van der Waals surface area contributed by atoms with E-state index >= 15 is 0 Å². The quantitative estimate of drug-likeness (QED) is 0.310. The summed E-state index contributed by atoms with van der Waals surface area (Å²) in [6, 6.07) is 14.4. The first-order valence-corrected chi connectivity index (χ1v) is 12.7. The number of alkyl halides is 3. The predicted octanol–water partition coefficient (Wildman–Crippen LogP) is 8.29. The van der Waals surface area contributed by atoms with E-state index in [0.717, 1.165) is 33.5 Å². The average Bonchev–Trinajstić information content (AvgIpc) is 2.85. The second-order valence-electron chi connectivity index (χ2n) is 10.3. The molecule has 0 aromatic heterocycles. The minimum Gasteiger partial charge on any atom is -0.504 e. The van der Waals surface area contributed by atoms with Crippen LogP contribution in [0.15, 0.2) is 54.6 Å². The Labute approximate surface area is 225 Å². The number of methoxy groups -OCH3 is 1. The Hall–Kier alpha value is -4.07. The van der Waals surface area contributed by atoms with E-state index in [1.54, 1.807) is 24.3 Å². The van der Waals surface area contributed by atoms with E-state index in [9.17, 15) is 18.3 Å². The number of phenolic OH excluding ortho intramolecular Hbond substituents is 1. The fourth-order valence-corrected chi connectivity index (χ4v) is 5.26. The molecular weight excluding hydrogens is 507 g/mol. The molecule has 5 rings (SSSR count). The van der Waals surface area contributed by atoms with Crippen LogP contribution in [-0.2, 0) is 0 Å². The lowest BCUT2D eigenvalue weighted by atomic mass is 9.83. The summed E-state index contributed by atoms with van der Waals surface area (Å²) in [5.41, 5.74) is 5.89. The summed E-state index contributed by atoms with van der Waals surface area (Å²) >= 11 is 0. The summed E-state index contributed by atoms with van der Waals surface area (Å²) < 4.78 is 55.1. The highest BCUT2D eigenvalue weighted by atomic mass is 19.4. The highest BCUT2D eigenvalue weighted by molar-refractivity contribution is 6.02. The van der Waals surface area contributed by atoms with E-state index in [-0.39, 0.29) is 24.3 Å². The van der Waals surface area contributed by atoms with Crippen LogP contribution in [0.25, 0.3) is 28.5 Å². The molecule has 2 aliphatic heterocycles. The molecule has 2 heterocycles. The molecule has 0 atom stereocenters. The summed E-state index contributed by atoms with van der Waals surface area (Å²) in [6.45, 7) is 6.23. The van der Waals surface area contributed by atoms with Gasteiger partial charge in [0.05, 0.1) is 24.8 Å². The number of phenols is 1. The number of rotatable bonds is 6. The van der Waals surface area contributed by atoms with Crippen LogP contribution in [0.2, 0.25) is 0 Å². The monoisotopic (exact) mass is 537 g/mol. The topological polar surface area (TPSA) is 60.0 Å². The summed E-state index contributed by atoms with van der Waals surface area (Å²) in [4.78, 5) is 0. The molecule has 8 heteroatoms. The van der Waals surface area contributed by atoms with Crippen LogP contribution in [0.4, 0.5) is 18.9 Å². The van der Waals surface area contributed by atoms with Gasteiger partial charge in [0.1, 0.15) is 17.3 Å². The number of fused-ring (bicyclic) bond motifs is 5. The molecule has 0 saturated carbocycles. The van der Waals surface area contributed by atoms with Gasteiger partial charge in [-0.15, -0.1) is 0 Å². The lowest BCUT2D eigenvalue weighted by Gasteiger charge is -2.35. The summed E-state index contributed by atoms with van der Waals surface area (Å²) in [5.74, 6) is 1.94. The van der Waals surface area contributed by atoms with Crippen LogP contribution in [0.5, 0.6) is 23.0 Å². The smallest absolute Gasteiger partial charge is 0.389 e. The number of ether oxygens (including phenoxy) is 3. The second kappa shape index (κ2) is 9.91. The summed E-state index contributed by atoms with van der Waals surface area (Å²) in [5, 5.41) is 14.1. The number of allylic oxidation sites excluding steroid dienone is 1. The molecule has 0 bridgehead atoms. The van der Waals surface area contributed by atoms with Gasteiger partial charge in [-0.05, 0) is 74.7 Å². The van der Waals surface area contributed by atoms with Crippen molar-refractivity contribution in [1.82, 2.24) is 0 Å². The van der Waals surface area contributed by atoms with E-state index < -0.39 is 12.6 Å². The first-order valence-electron chi connectivity index (χ1n) is 12.7. The number of hydrogen-bond donors (Lipinski definition) is 2. The number of anilines is 1. The molecule has 0 unspecified atom stereocenters. The zero-order chi connectivity index (χ0) is 27.9. The number of hydrogen-bond acceptors (Lipinski definition) is 5. The molecule has 0 aliphatic carbocycles. The summed E-state index contributed by atoms with van der Waals surface area (Å²) in [6.07, 6.45) is -1.15. The molecule has 3 aromatic carbocycles. The highest BCUT2D eigenvalue weighted by Gasteiger charge is 2.33. The highest BCUT2D eigenvalue weighted by Crippen LogP contribution is 2.54. The Morgan fingerprint density at radius 1 is 1.05 bits per heavy atom. The molecule has 2 aliphatic rings. The molecular formula is C31H30F3NO4. The Balaban J connectivity index is 1.60. The van der Waals surface area contributed by atoms with Gasteiger partial charge in [0, 0.05) is 28.8 Å². The van der Waals surface area contributed by atoms with Gasteiger partial charge in [-0.3, -0.25) is 0 Å². The molecule has 0 saturated heterocycles. The molecule has 0 fully saturated rings. The van der Waals surface area contributed by atoms with Crippen molar-refractivity contribution in [1.29, 1.82) is 0 Å². The SMILES string of the molecule is COc1c(O)ccc2c1-c1ccc3c(c1/C(=C/c1cccc(OCCCC(F)(F)F)c1)O2)C(C)=CC(C)(C)N3. The van der Waals surface area contributed by atoms with Crippen LogP contribution in [-0.4, -0.2) is 30.5 Å². The van der Waals surface area contributed by atoms with Gasteiger partial charge in [-0.2, -0.15) is 13.2 Å². The minimum atomic E-state index is -4.20. The lowest BCUT2D eigenvalue weighted by Crippen LogP contribution is -2.32. The Morgan fingerprint density at radius 3 is 2.59 bits per heavy atom. The van der Waals surface area contributed by atoms with Crippen molar-refractivity contribution >= 4 is 23.1 Å². The number of halogens is 3. The summed E-state index contributed by atoms with van der Waals surface area (Å²) in [7, 11) is 1.51. The van der Waals surface area contributed by atoms with E-state index in [2.05, 4.69) is 32.2 Å². The van der Waals surface area contributed by atoms with Gasteiger partial charge >= 0.3 is 6.18 Å². The third-order valence-corrected chi connectivity index (χ3v) is 6.70. The molecule has 0 amide bonds. The van der Waals surface area contributed by atoms with Crippen molar-refractivity contribution < 1.29 is 32.5 Å². The van der Waals surface area contributed by atoms with Gasteiger partial charge in [0.2, 0.25) is 0 Å². The van der Waals surface area contributed by atoms with Crippen molar-refractivity contribution in [3.63, 3.8) is 0 Å². The van der Waals surface area contributed by atoms with Gasteiger partial charge in [0.25, 0.3) is 0 Å². The first-order chi connectivity index (χ1) is 18.5. The Bertz CT molecular complexity index is 1490. The zero-order valence-electron chi connectivity index (χ0n) is 22.2. The van der Waals surface area contributed by atoms with Crippen LogP contribution in [0.1, 0.15) is 50.3 Å². The third kappa shape index (κ3) is 5.41. The Kier molecular flexibility index (Phi) is 6.74. The van der Waals surface area contributed by atoms with Crippen molar-refractivity contribution in [2.45, 2.75) is 45.3 Å². The van der Waals surface area contributed by atoms with Crippen molar-refractivity contribution in [2.24, 2.45) is 0 Å². The van der Waals surface area contributed by atoms with E-state index in [1.165, 1.54) is 13.2 Å². The van der Waals surface area contributed by atoms with Crippen LogP contribution >= 0.6 is 0 Å². The normalized spacial score (nSPS) is 16.3. The standard InChI is InChI=1S/C31H30F3NO4/c1-18-17-30(2,3)35-22-10-9-21-27(26(18)22)25(39-24-12-11-23(36)29(37-4)28(21)24)16-19-7-5-8-20(15-19)38-14-6-13-31(32,33)34/h5,7-12,15-17,35-36H,6,13-14H2,1-4H3/b25-16-. The molecule has 5 nitrogen and oxygen atoms in total. The van der Waals surface area contributed by atoms with Gasteiger partial charge in [0.15, 0.2) is 11.5 Å². The van der Waals surface area contributed by atoms with E-state index in [1.807, 2.05) is 24.3 Å². The fraction of sp³-hybridized carbons (Fsp3) is 0.290. The lowest BCUT2D eigenvalue weighted by molar-refractivity contribution is -0.136. The number of nitrogens with one attached hydrogen (secondary N) is 1. The maximum absolute atomic E-state index is 12.5. The third-order valence-electron chi connectivity index (χ3n) is 6.70. The maximum Gasteiger partial charge on any atom is 0.389 e. The van der Waals surface area contributed by atoms with Gasteiger partial charge in [-0.1, -0.05) is 24.3 Å². The number of aromatic hydroxyl groups is 1. The zero-order valence-corrected chi connectivity index (χ0v) is 22.2. The van der Waals surface area contributed by atoms with E-state index in [0.29, 0.717) is 28.6 Å². The molecule has 204 valence electrons. The largest absolute Gasteiger partial charge is 0.504 e. The number of benzene rings is 3. The van der Waals surface area contributed by atoms with Crippen LogP contribution in [0, 0.1) is 0 Å². The van der Waals surface area contributed by atoms with Crippen molar-refractivity contribution in [3.8, 4) is 34.1 Å². The van der Waals surface area contributed by atoms with Gasteiger partial charge < -0.3 is 24.6 Å². The van der Waals surface area contributed by atoms with Crippen LogP contribution in [0.3, 0.4) is 0 Å². The van der Waals surface area contributed by atoms with E-state index in [4.69, 9.17) is 14.2 Å². The molecule has 0 spiro atoms. The van der Waals surface area contributed by atoms with Gasteiger partial charge in [-0.25, -0.2) is 0 Å². The van der Waals surface area contributed by atoms with Crippen LogP contribution < -0.4 is 19.5 Å². The molecule has 2 N–H and O–H groups in total. The molecule has 39 heavy (non-hydrogen) atoms. The average molecular weight is 538 g/mol. The Morgan fingerprint density at radius 2 is 1.85 bits per heavy atom.